The molecule has 0 N–H and O–H groups in total. The third kappa shape index (κ3) is 2.11. The minimum Gasteiger partial charge on any atom is -0.377 e. The predicted octanol–water partition coefficient (Wildman–Crippen LogP) is 4.73. The summed E-state index contributed by atoms with van der Waals surface area (Å²) in [5, 5.41) is 1.34. The molecule has 2 aromatic rings. The largest absolute Gasteiger partial charge is 0.377 e. The minimum absolute atomic E-state index is 0.272. The molecule has 1 nitrogen and oxygen atoms in total. The van der Waals surface area contributed by atoms with Crippen molar-refractivity contribution in [3.05, 3.63) is 41.3 Å². The van der Waals surface area contributed by atoms with E-state index in [0.717, 1.165) is 6.42 Å². The van der Waals surface area contributed by atoms with E-state index < -0.39 is 0 Å². The van der Waals surface area contributed by atoms with E-state index in [4.69, 9.17) is 4.74 Å². The van der Waals surface area contributed by atoms with Crippen molar-refractivity contribution in [1.29, 1.82) is 0 Å². The van der Waals surface area contributed by atoms with E-state index >= 15 is 0 Å². The number of methoxy groups -OCH3 is 1. The van der Waals surface area contributed by atoms with Gasteiger partial charge in [-0.3, -0.25) is 0 Å². The molecule has 0 amide bonds. The zero-order valence-corrected chi connectivity index (χ0v) is 11.7. The molecule has 94 valence electrons. The zero-order chi connectivity index (χ0) is 12.5. The normalized spacial score (nSPS) is 24.2. The second kappa shape index (κ2) is 4.87. The van der Waals surface area contributed by atoms with Crippen LogP contribution in [0, 0.1) is 5.92 Å². The molecule has 2 unspecified atom stereocenters. The van der Waals surface area contributed by atoms with E-state index in [9.17, 15) is 0 Å². The Morgan fingerprint density at radius 1 is 1.22 bits per heavy atom. The molecule has 1 aromatic carbocycles. The lowest BCUT2D eigenvalue weighted by atomic mass is 9.88. The number of ether oxygens (including phenoxy) is 1. The first-order valence-electron chi connectivity index (χ1n) is 6.51. The van der Waals surface area contributed by atoms with E-state index in [-0.39, 0.29) is 6.10 Å². The van der Waals surface area contributed by atoms with Crippen LogP contribution < -0.4 is 0 Å². The predicted molar refractivity (Wildman–Crippen MR) is 79.0 cm³/mol. The summed E-state index contributed by atoms with van der Waals surface area (Å²) in [6, 6.07) is 10.9. The molecule has 0 fully saturated rings. The second-order valence-corrected chi connectivity index (χ2v) is 6.13. The van der Waals surface area contributed by atoms with Gasteiger partial charge in [0.15, 0.2) is 0 Å². The summed E-state index contributed by atoms with van der Waals surface area (Å²) in [4.78, 5) is 1.37. The third-order valence-corrected chi connectivity index (χ3v) is 4.85. The van der Waals surface area contributed by atoms with Crippen LogP contribution in [0.2, 0.25) is 0 Å². The molecule has 3 rings (SSSR count). The quantitative estimate of drug-likeness (QED) is 0.756. The summed E-state index contributed by atoms with van der Waals surface area (Å²) < 4.78 is 7.00. The fourth-order valence-electron chi connectivity index (χ4n) is 2.68. The molecule has 0 saturated carbocycles. The summed E-state index contributed by atoms with van der Waals surface area (Å²) in [5.74, 6) is 0.664. The van der Waals surface area contributed by atoms with Gasteiger partial charge in [0.25, 0.3) is 0 Å². The number of allylic oxidation sites excluding steroid dienone is 1. The molecule has 2 heteroatoms. The van der Waals surface area contributed by atoms with Gasteiger partial charge in [-0.05, 0) is 41.9 Å². The maximum absolute atomic E-state index is 5.64. The first kappa shape index (κ1) is 11.9. The Balaban J connectivity index is 2.06. The van der Waals surface area contributed by atoms with Gasteiger partial charge in [0.1, 0.15) is 0 Å². The van der Waals surface area contributed by atoms with Crippen LogP contribution in [0.3, 0.4) is 0 Å². The van der Waals surface area contributed by atoms with Crippen molar-refractivity contribution >= 4 is 27.0 Å². The average Bonchev–Trinajstić information content (AvgIpc) is 2.82. The van der Waals surface area contributed by atoms with Crippen LogP contribution in [0.15, 0.2) is 36.4 Å². The summed E-state index contributed by atoms with van der Waals surface area (Å²) in [6.07, 6.45) is 5.03. The van der Waals surface area contributed by atoms with Crippen molar-refractivity contribution in [1.82, 2.24) is 0 Å². The summed E-state index contributed by atoms with van der Waals surface area (Å²) in [7, 11) is 1.82. The maximum atomic E-state index is 5.64. The van der Waals surface area contributed by atoms with E-state index in [0.29, 0.717) is 5.92 Å². The van der Waals surface area contributed by atoms with Gasteiger partial charge >= 0.3 is 0 Å². The molecule has 1 aliphatic carbocycles. The van der Waals surface area contributed by atoms with Gasteiger partial charge in [0, 0.05) is 16.7 Å². The number of hydrogen-bond donors (Lipinski definition) is 0. The van der Waals surface area contributed by atoms with E-state index in [1.54, 1.807) is 0 Å². The Morgan fingerprint density at radius 2 is 2.06 bits per heavy atom. The number of benzene rings is 1. The topological polar surface area (TPSA) is 9.23 Å². The van der Waals surface area contributed by atoms with Gasteiger partial charge in [-0.2, -0.15) is 0 Å². The van der Waals surface area contributed by atoms with Crippen LogP contribution in [0.1, 0.15) is 24.6 Å². The lowest BCUT2D eigenvalue weighted by molar-refractivity contribution is 0.132. The first-order chi connectivity index (χ1) is 8.78. The Labute approximate surface area is 112 Å². The van der Waals surface area contributed by atoms with Gasteiger partial charge in [0.2, 0.25) is 0 Å². The van der Waals surface area contributed by atoms with Gasteiger partial charge in [-0.15, -0.1) is 11.3 Å². The van der Waals surface area contributed by atoms with Gasteiger partial charge in [0.05, 0.1) is 6.10 Å². The Kier molecular flexibility index (Phi) is 3.23. The molecule has 0 spiro atoms. The molecule has 1 aliphatic rings. The summed E-state index contributed by atoms with van der Waals surface area (Å²) in [6.45, 7) is 2.29. The number of fused-ring (bicyclic) bond motifs is 1. The molecule has 0 saturated heterocycles. The van der Waals surface area contributed by atoms with Crippen molar-refractivity contribution in [3.8, 4) is 0 Å². The molecule has 1 aromatic heterocycles. The highest BCUT2D eigenvalue weighted by molar-refractivity contribution is 7.20. The highest BCUT2D eigenvalue weighted by atomic mass is 32.1. The zero-order valence-electron chi connectivity index (χ0n) is 10.8. The highest BCUT2D eigenvalue weighted by Gasteiger charge is 2.23. The minimum atomic E-state index is 0.272. The van der Waals surface area contributed by atoms with Crippen LogP contribution in [0.4, 0.5) is 0 Å². The van der Waals surface area contributed by atoms with Crippen LogP contribution >= 0.6 is 11.3 Å². The van der Waals surface area contributed by atoms with Gasteiger partial charge < -0.3 is 4.74 Å². The molecular formula is C16H18OS. The first-order valence-corrected chi connectivity index (χ1v) is 7.33. The van der Waals surface area contributed by atoms with Crippen LogP contribution in [-0.2, 0) is 4.74 Å². The monoisotopic (exact) mass is 258 g/mol. The molecule has 1 heterocycles. The molecule has 18 heavy (non-hydrogen) atoms. The number of hydrogen-bond acceptors (Lipinski definition) is 2. The average molecular weight is 258 g/mol. The molecular weight excluding hydrogens is 240 g/mol. The van der Waals surface area contributed by atoms with Crippen molar-refractivity contribution in [3.63, 3.8) is 0 Å². The Hall–Kier alpha value is -1.12. The van der Waals surface area contributed by atoms with Gasteiger partial charge in [-0.25, -0.2) is 0 Å². The maximum Gasteiger partial charge on any atom is 0.0832 e. The molecule has 0 bridgehead atoms. The third-order valence-electron chi connectivity index (χ3n) is 3.69. The van der Waals surface area contributed by atoms with Crippen molar-refractivity contribution in [2.24, 2.45) is 5.92 Å². The second-order valence-electron chi connectivity index (χ2n) is 5.05. The molecule has 0 aliphatic heterocycles. The highest BCUT2D eigenvalue weighted by Crippen LogP contribution is 2.37. The van der Waals surface area contributed by atoms with E-state index in [2.05, 4.69) is 43.3 Å². The fourth-order valence-corrected chi connectivity index (χ4v) is 3.81. The van der Waals surface area contributed by atoms with Crippen molar-refractivity contribution < 1.29 is 4.74 Å². The standard InChI is InChI=1S/C16H18OS/c1-11-7-8-14(17-2)13(9-11)16-10-12-5-3-4-6-15(12)18-16/h3-6,9-11,14H,7-8H2,1-2H3. The Morgan fingerprint density at radius 3 is 2.83 bits per heavy atom. The molecule has 2 atom stereocenters. The van der Waals surface area contributed by atoms with E-state index in [1.807, 2.05) is 18.4 Å². The Bertz CT molecular complexity index is 549. The SMILES string of the molecule is COC1CCC(C)C=C1c1cc2ccccc2s1. The van der Waals surface area contributed by atoms with Crippen molar-refractivity contribution in [2.75, 3.05) is 7.11 Å². The van der Waals surface area contributed by atoms with Crippen LogP contribution in [-0.4, -0.2) is 13.2 Å². The smallest absolute Gasteiger partial charge is 0.0832 e. The fraction of sp³-hybridized carbons (Fsp3) is 0.375. The number of rotatable bonds is 2. The van der Waals surface area contributed by atoms with Crippen molar-refractivity contribution in [2.45, 2.75) is 25.9 Å². The lowest BCUT2D eigenvalue weighted by Gasteiger charge is -2.25. The number of thiophene rings is 1. The van der Waals surface area contributed by atoms with Crippen LogP contribution in [0.5, 0.6) is 0 Å². The molecule has 0 radical (unpaired) electrons. The summed E-state index contributed by atoms with van der Waals surface area (Å²) >= 11 is 1.88. The lowest BCUT2D eigenvalue weighted by Crippen LogP contribution is -2.18. The van der Waals surface area contributed by atoms with Gasteiger partial charge in [-0.1, -0.05) is 31.2 Å². The van der Waals surface area contributed by atoms with E-state index in [1.165, 1.54) is 27.0 Å². The summed E-state index contributed by atoms with van der Waals surface area (Å²) in [5.41, 5.74) is 1.39. The van der Waals surface area contributed by atoms with Crippen LogP contribution in [0.25, 0.3) is 15.7 Å².